The second kappa shape index (κ2) is 17.9. The van der Waals surface area contributed by atoms with Gasteiger partial charge in [-0.05, 0) is 80.0 Å². The smallest absolute Gasteiger partial charge is 0.308 e. The fourth-order valence-electron chi connectivity index (χ4n) is 6.18. The van der Waals surface area contributed by atoms with Gasteiger partial charge in [0.1, 0.15) is 0 Å². The van der Waals surface area contributed by atoms with Gasteiger partial charge in [0.15, 0.2) is 0 Å². The lowest BCUT2D eigenvalue weighted by atomic mass is 9.84. The number of esters is 1. The molecule has 0 spiro atoms. The van der Waals surface area contributed by atoms with Crippen molar-refractivity contribution in [1.29, 1.82) is 0 Å². The number of ether oxygens (including phenoxy) is 1. The minimum Gasteiger partial charge on any atom is -0.465 e. The average Bonchev–Trinajstić information content (AvgIpc) is 2.65. The number of carbonyl (C=O) groups is 1. The van der Waals surface area contributed by atoms with Gasteiger partial charge in [-0.15, -0.1) is 0 Å². The molecule has 0 aliphatic rings. The highest BCUT2D eigenvalue weighted by Gasteiger charge is 2.21. The molecule has 0 saturated carbocycles. The van der Waals surface area contributed by atoms with Crippen LogP contribution in [0.5, 0.6) is 0 Å². The van der Waals surface area contributed by atoms with E-state index in [1.807, 2.05) is 0 Å². The van der Waals surface area contributed by atoms with Crippen molar-refractivity contribution in [3.05, 3.63) is 0 Å². The van der Waals surface area contributed by atoms with Crippen LogP contribution >= 0.6 is 0 Å². The second-order valence-electron chi connectivity index (χ2n) is 12.3. The molecule has 2 nitrogen and oxygen atoms in total. The van der Waals surface area contributed by atoms with E-state index in [1.165, 1.54) is 51.4 Å². The Morgan fingerprint density at radius 3 is 1.28 bits per heavy atom. The van der Waals surface area contributed by atoms with Gasteiger partial charge in [-0.25, -0.2) is 0 Å². The van der Waals surface area contributed by atoms with Gasteiger partial charge in [0.05, 0.1) is 12.5 Å². The van der Waals surface area contributed by atoms with E-state index in [1.54, 1.807) is 0 Å². The minimum absolute atomic E-state index is 0.00474. The lowest BCUT2D eigenvalue weighted by molar-refractivity contribution is -0.150. The van der Waals surface area contributed by atoms with Crippen molar-refractivity contribution in [2.24, 2.45) is 47.3 Å². The average molecular weight is 453 g/mol. The first-order chi connectivity index (χ1) is 15.0. The Bertz CT molecular complexity index is 460. The van der Waals surface area contributed by atoms with Gasteiger partial charge >= 0.3 is 5.97 Å². The zero-order valence-corrected chi connectivity index (χ0v) is 23.7. The Kier molecular flexibility index (Phi) is 17.6. The van der Waals surface area contributed by atoms with E-state index in [2.05, 4.69) is 69.2 Å². The fourth-order valence-corrected chi connectivity index (χ4v) is 6.18. The molecule has 0 rings (SSSR count). The number of rotatable bonds is 19. The number of carbonyl (C=O) groups excluding carboxylic acids is 1. The SMILES string of the molecule is CCCC(C)CC(C)CC(C)CC(C)COC(=O)C(C)CC(C)CC(C)CC(C)CCC. The third-order valence-electron chi connectivity index (χ3n) is 7.26. The summed E-state index contributed by atoms with van der Waals surface area (Å²) in [5.74, 6) is 4.91. The molecule has 0 saturated heterocycles. The van der Waals surface area contributed by atoms with Crippen LogP contribution in [-0.2, 0) is 9.53 Å². The highest BCUT2D eigenvalue weighted by Crippen LogP contribution is 2.27. The third kappa shape index (κ3) is 16.1. The largest absolute Gasteiger partial charge is 0.465 e. The Hall–Kier alpha value is -0.530. The zero-order chi connectivity index (χ0) is 24.7. The second-order valence-corrected chi connectivity index (χ2v) is 12.3. The van der Waals surface area contributed by atoms with Crippen LogP contribution in [0.15, 0.2) is 0 Å². The molecule has 0 aromatic carbocycles. The predicted molar refractivity (Wildman–Crippen MR) is 142 cm³/mol. The zero-order valence-electron chi connectivity index (χ0n) is 23.7. The van der Waals surface area contributed by atoms with Crippen molar-refractivity contribution in [1.82, 2.24) is 0 Å². The molecular weight excluding hydrogens is 392 g/mol. The molecule has 0 bridgehead atoms. The summed E-state index contributed by atoms with van der Waals surface area (Å²) in [4.78, 5) is 12.6. The van der Waals surface area contributed by atoms with Crippen LogP contribution in [0.25, 0.3) is 0 Å². The van der Waals surface area contributed by atoms with Gasteiger partial charge in [0, 0.05) is 0 Å². The van der Waals surface area contributed by atoms with Crippen LogP contribution < -0.4 is 0 Å². The molecule has 192 valence electrons. The molecule has 0 aromatic rings. The molecule has 8 atom stereocenters. The topological polar surface area (TPSA) is 26.3 Å². The van der Waals surface area contributed by atoms with Crippen LogP contribution in [-0.4, -0.2) is 12.6 Å². The van der Waals surface area contributed by atoms with Gasteiger partial charge < -0.3 is 4.74 Å². The van der Waals surface area contributed by atoms with Gasteiger partial charge in [0.2, 0.25) is 0 Å². The summed E-state index contributed by atoms with van der Waals surface area (Å²) in [6.07, 6.45) is 12.5. The molecule has 0 heterocycles. The molecule has 8 unspecified atom stereocenters. The van der Waals surface area contributed by atoms with Crippen LogP contribution in [0.4, 0.5) is 0 Å². The summed E-state index contributed by atoms with van der Waals surface area (Å²) in [7, 11) is 0. The molecule has 0 aliphatic heterocycles. The normalized spacial score (nSPS) is 19.4. The molecule has 0 N–H and O–H groups in total. The third-order valence-corrected chi connectivity index (χ3v) is 7.26. The van der Waals surface area contributed by atoms with Crippen LogP contribution in [0.2, 0.25) is 0 Å². The van der Waals surface area contributed by atoms with Crippen molar-refractivity contribution >= 4 is 5.97 Å². The molecule has 0 amide bonds. The Morgan fingerprint density at radius 2 is 0.875 bits per heavy atom. The van der Waals surface area contributed by atoms with E-state index >= 15 is 0 Å². The lowest BCUT2D eigenvalue weighted by Crippen LogP contribution is -2.22. The summed E-state index contributed by atoms with van der Waals surface area (Å²) >= 11 is 0. The van der Waals surface area contributed by atoms with Crippen LogP contribution in [0.3, 0.4) is 0 Å². The first-order valence-corrected chi connectivity index (χ1v) is 14.1. The van der Waals surface area contributed by atoms with Crippen LogP contribution in [0, 0.1) is 47.3 Å². The highest BCUT2D eigenvalue weighted by molar-refractivity contribution is 5.71. The van der Waals surface area contributed by atoms with Gasteiger partial charge in [0.25, 0.3) is 0 Å². The molecular formula is C30H60O2. The Labute approximate surface area is 203 Å². The summed E-state index contributed by atoms with van der Waals surface area (Å²) in [6.45, 7) is 23.6. The molecule has 0 radical (unpaired) electrons. The van der Waals surface area contributed by atoms with E-state index in [4.69, 9.17) is 4.74 Å². The fraction of sp³-hybridized carbons (Fsp3) is 0.967. The summed E-state index contributed by atoms with van der Waals surface area (Å²) in [5, 5.41) is 0. The van der Waals surface area contributed by atoms with Gasteiger partial charge in [-0.3, -0.25) is 4.79 Å². The van der Waals surface area contributed by atoms with Gasteiger partial charge in [-0.2, -0.15) is 0 Å². The van der Waals surface area contributed by atoms with E-state index < -0.39 is 0 Å². The Morgan fingerprint density at radius 1 is 0.531 bits per heavy atom. The molecule has 0 aromatic heterocycles. The molecule has 0 aliphatic carbocycles. The maximum absolute atomic E-state index is 12.6. The standard InChI is InChI=1S/C30H60O2/c1-11-13-22(3)15-24(5)17-26(7)19-28(9)21-32-30(31)29(10)20-27(8)18-25(6)16-23(4)14-12-2/h22-29H,11-21H2,1-10H3. The number of hydrogen-bond donors (Lipinski definition) is 0. The van der Waals surface area contributed by atoms with E-state index in [-0.39, 0.29) is 11.9 Å². The van der Waals surface area contributed by atoms with E-state index in [0.717, 1.165) is 36.5 Å². The molecule has 32 heavy (non-hydrogen) atoms. The predicted octanol–water partition coefficient (Wildman–Crippen LogP) is 9.56. The summed E-state index contributed by atoms with van der Waals surface area (Å²) in [6, 6.07) is 0. The van der Waals surface area contributed by atoms with Crippen molar-refractivity contribution in [3.8, 4) is 0 Å². The van der Waals surface area contributed by atoms with Gasteiger partial charge in [-0.1, -0.05) is 94.9 Å². The first-order valence-electron chi connectivity index (χ1n) is 14.1. The number of hydrogen-bond acceptors (Lipinski definition) is 2. The van der Waals surface area contributed by atoms with E-state index in [9.17, 15) is 4.79 Å². The van der Waals surface area contributed by atoms with Crippen molar-refractivity contribution in [3.63, 3.8) is 0 Å². The molecule has 2 heteroatoms. The quantitative estimate of drug-likeness (QED) is 0.182. The monoisotopic (exact) mass is 452 g/mol. The van der Waals surface area contributed by atoms with Crippen molar-refractivity contribution < 1.29 is 9.53 Å². The Balaban J connectivity index is 4.18. The van der Waals surface area contributed by atoms with Crippen molar-refractivity contribution in [2.75, 3.05) is 6.61 Å². The highest BCUT2D eigenvalue weighted by atomic mass is 16.5. The molecule has 0 fully saturated rings. The lowest BCUT2D eigenvalue weighted by Gasteiger charge is -2.24. The van der Waals surface area contributed by atoms with E-state index in [0.29, 0.717) is 24.4 Å². The van der Waals surface area contributed by atoms with Crippen molar-refractivity contribution in [2.45, 2.75) is 133 Å². The first kappa shape index (κ1) is 31.5. The van der Waals surface area contributed by atoms with Crippen LogP contribution in [0.1, 0.15) is 133 Å². The minimum atomic E-state index is 0.00474. The maximum Gasteiger partial charge on any atom is 0.308 e. The maximum atomic E-state index is 12.6. The summed E-state index contributed by atoms with van der Waals surface area (Å²) in [5.41, 5.74) is 0. The summed E-state index contributed by atoms with van der Waals surface area (Å²) < 4.78 is 5.73.